The smallest absolute Gasteiger partial charge is 0.306 e. The molecular weight excluding hydrogens is 202 g/mol. The average Bonchev–Trinajstić information content (AvgIpc) is 2.73. The minimum atomic E-state index is -0.0305. The number of ether oxygens (including phenoxy) is 1. The molecule has 0 aliphatic heterocycles. The summed E-state index contributed by atoms with van der Waals surface area (Å²) in [5.74, 6) is 0.594. The second kappa shape index (κ2) is 5.17. The summed E-state index contributed by atoms with van der Waals surface area (Å²) in [4.78, 5) is 11.7. The van der Waals surface area contributed by atoms with Crippen molar-refractivity contribution >= 4 is 5.97 Å². The number of nitrogens with two attached hydrogens (primary N) is 1. The third kappa shape index (κ3) is 2.76. The maximum Gasteiger partial charge on any atom is 0.306 e. The molecule has 0 aromatic heterocycles. The van der Waals surface area contributed by atoms with E-state index in [-0.39, 0.29) is 11.4 Å². The van der Waals surface area contributed by atoms with Crippen LogP contribution in [0.4, 0.5) is 0 Å². The van der Waals surface area contributed by atoms with Crippen LogP contribution in [0, 0.1) is 11.3 Å². The molecule has 2 saturated carbocycles. The molecular formula is C13H23NO2. The van der Waals surface area contributed by atoms with Gasteiger partial charge in [0.25, 0.3) is 0 Å². The highest BCUT2D eigenvalue weighted by Crippen LogP contribution is 2.43. The normalized spacial score (nSPS) is 24.1. The van der Waals surface area contributed by atoms with Crippen LogP contribution < -0.4 is 5.73 Å². The minimum absolute atomic E-state index is 0.0305. The van der Waals surface area contributed by atoms with Crippen LogP contribution in [-0.4, -0.2) is 19.1 Å². The van der Waals surface area contributed by atoms with Gasteiger partial charge < -0.3 is 10.5 Å². The lowest BCUT2D eigenvalue weighted by molar-refractivity contribution is -0.149. The monoisotopic (exact) mass is 225 g/mol. The van der Waals surface area contributed by atoms with Gasteiger partial charge in [-0.3, -0.25) is 4.79 Å². The first-order chi connectivity index (χ1) is 7.74. The van der Waals surface area contributed by atoms with E-state index in [1.54, 1.807) is 0 Å². The molecule has 92 valence electrons. The molecule has 3 heteroatoms. The summed E-state index contributed by atoms with van der Waals surface area (Å²) in [5, 5.41) is 0. The first-order valence-electron chi connectivity index (χ1n) is 6.60. The van der Waals surface area contributed by atoms with E-state index >= 15 is 0 Å². The van der Waals surface area contributed by atoms with E-state index in [2.05, 4.69) is 0 Å². The highest BCUT2D eigenvalue weighted by atomic mass is 16.5. The Morgan fingerprint density at radius 1 is 1.25 bits per heavy atom. The molecule has 0 bridgehead atoms. The van der Waals surface area contributed by atoms with Gasteiger partial charge in [-0.2, -0.15) is 0 Å². The number of hydrogen-bond donors (Lipinski definition) is 1. The van der Waals surface area contributed by atoms with Crippen LogP contribution >= 0.6 is 0 Å². The van der Waals surface area contributed by atoms with Gasteiger partial charge in [-0.1, -0.05) is 19.3 Å². The molecule has 0 aromatic carbocycles. The molecule has 2 N–H and O–H groups in total. The van der Waals surface area contributed by atoms with E-state index in [1.165, 1.54) is 32.1 Å². The largest absolute Gasteiger partial charge is 0.465 e. The van der Waals surface area contributed by atoms with Gasteiger partial charge >= 0.3 is 5.97 Å². The molecule has 0 amide bonds. The Balaban J connectivity index is 1.67. The molecule has 0 atom stereocenters. The molecule has 0 unspecified atom stereocenters. The quantitative estimate of drug-likeness (QED) is 0.730. The SMILES string of the molecule is NCC1(CC(=O)OCC2CCCC2)CCC1. The van der Waals surface area contributed by atoms with Gasteiger partial charge in [0.05, 0.1) is 13.0 Å². The predicted octanol–water partition coefficient (Wildman–Crippen LogP) is 2.24. The average molecular weight is 225 g/mol. The van der Waals surface area contributed by atoms with Gasteiger partial charge in [0.2, 0.25) is 0 Å². The Labute approximate surface area is 97.7 Å². The Morgan fingerprint density at radius 2 is 1.94 bits per heavy atom. The van der Waals surface area contributed by atoms with Gasteiger partial charge in [-0.05, 0) is 43.6 Å². The van der Waals surface area contributed by atoms with Crippen molar-refractivity contribution in [1.82, 2.24) is 0 Å². The molecule has 16 heavy (non-hydrogen) atoms. The van der Waals surface area contributed by atoms with Crippen LogP contribution in [0.5, 0.6) is 0 Å². The van der Waals surface area contributed by atoms with Gasteiger partial charge in [0.1, 0.15) is 0 Å². The molecule has 0 saturated heterocycles. The van der Waals surface area contributed by atoms with Crippen molar-refractivity contribution < 1.29 is 9.53 Å². The van der Waals surface area contributed by atoms with Crippen molar-refractivity contribution in [1.29, 1.82) is 0 Å². The number of carbonyl (C=O) groups excluding carboxylic acids is 1. The molecule has 2 aliphatic rings. The van der Waals surface area contributed by atoms with Crippen LogP contribution in [0.1, 0.15) is 51.4 Å². The molecule has 2 rings (SSSR count). The van der Waals surface area contributed by atoms with Crippen molar-refractivity contribution in [3.05, 3.63) is 0 Å². The summed E-state index contributed by atoms with van der Waals surface area (Å²) in [7, 11) is 0. The Bertz CT molecular complexity index is 237. The van der Waals surface area contributed by atoms with Gasteiger partial charge in [0.15, 0.2) is 0 Å². The predicted molar refractivity (Wildman–Crippen MR) is 62.9 cm³/mol. The number of esters is 1. The first-order valence-corrected chi connectivity index (χ1v) is 6.60. The standard InChI is InChI=1S/C13H23NO2/c14-10-13(6-3-7-13)8-12(15)16-9-11-4-1-2-5-11/h11H,1-10,14H2. The highest BCUT2D eigenvalue weighted by Gasteiger charge is 2.38. The lowest BCUT2D eigenvalue weighted by Gasteiger charge is -2.40. The third-order valence-electron chi connectivity index (χ3n) is 4.32. The van der Waals surface area contributed by atoms with Gasteiger partial charge in [-0.15, -0.1) is 0 Å². The maximum absolute atomic E-state index is 11.7. The third-order valence-corrected chi connectivity index (χ3v) is 4.32. The second-order valence-electron chi connectivity index (χ2n) is 5.57. The second-order valence-corrected chi connectivity index (χ2v) is 5.57. The summed E-state index contributed by atoms with van der Waals surface area (Å²) in [5.41, 5.74) is 5.82. The summed E-state index contributed by atoms with van der Waals surface area (Å²) < 4.78 is 5.36. The summed E-state index contributed by atoms with van der Waals surface area (Å²) in [6.07, 6.45) is 9.02. The molecule has 0 heterocycles. The Hall–Kier alpha value is -0.570. The molecule has 0 aromatic rings. The minimum Gasteiger partial charge on any atom is -0.465 e. The molecule has 2 fully saturated rings. The topological polar surface area (TPSA) is 52.3 Å². The highest BCUT2D eigenvalue weighted by molar-refractivity contribution is 5.70. The zero-order valence-corrected chi connectivity index (χ0v) is 10.0. The van der Waals surface area contributed by atoms with Crippen molar-refractivity contribution in [2.45, 2.75) is 51.4 Å². The van der Waals surface area contributed by atoms with Crippen LogP contribution in [-0.2, 0) is 9.53 Å². The molecule has 0 radical (unpaired) electrons. The van der Waals surface area contributed by atoms with E-state index in [4.69, 9.17) is 10.5 Å². The van der Waals surface area contributed by atoms with Crippen LogP contribution in [0.2, 0.25) is 0 Å². The lowest BCUT2D eigenvalue weighted by atomic mass is 9.67. The van der Waals surface area contributed by atoms with Crippen LogP contribution in [0.15, 0.2) is 0 Å². The van der Waals surface area contributed by atoms with E-state index in [1.807, 2.05) is 0 Å². The zero-order chi connectivity index (χ0) is 11.4. The van der Waals surface area contributed by atoms with Crippen molar-refractivity contribution in [2.24, 2.45) is 17.1 Å². The zero-order valence-electron chi connectivity index (χ0n) is 10.0. The van der Waals surface area contributed by atoms with Crippen molar-refractivity contribution in [3.8, 4) is 0 Å². The van der Waals surface area contributed by atoms with Gasteiger partial charge in [-0.25, -0.2) is 0 Å². The number of rotatable bonds is 5. The Morgan fingerprint density at radius 3 is 2.44 bits per heavy atom. The van der Waals surface area contributed by atoms with Gasteiger partial charge in [0, 0.05) is 0 Å². The summed E-state index contributed by atoms with van der Waals surface area (Å²) in [6, 6.07) is 0. The first kappa shape index (κ1) is 11.9. The number of carbonyl (C=O) groups is 1. The van der Waals surface area contributed by atoms with E-state index < -0.39 is 0 Å². The van der Waals surface area contributed by atoms with E-state index in [9.17, 15) is 4.79 Å². The van der Waals surface area contributed by atoms with Crippen molar-refractivity contribution in [3.63, 3.8) is 0 Å². The van der Waals surface area contributed by atoms with E-state index in [0.717, 1.165) is 12.8 Å². The molecule has 3 nitrogen and oxygen atoms in total. The molecule has 2 aliphatic carbocycles. The summed E-state index contributed by atoms with van der Waals surface area (Å²) in [6.45, 7) is 1.27. The maximum atomic E-state index is 11.7. The Kier molecular flexibility index (Phi) is 3.85. The number of hydrogen-bond acceptors (Lipinski definition) is 3. The summed E-state index contributed by atoms with van der Waals surface area (Å²) >= 11 is 0. The van der Waals surface area contributed by atoms with E-state index in [0.29, 0.717) is 25.5 Å². The van der Waals surface area contributed by atoms with Crippen molar-refractivity contribution in [2.75, 3.05) is 13.2 Å². The molecule has 0 spiro atoms. The fourth-order valence-electron chi connectivity index (χ4n) is 2.87. The lowest BCUT2D eigenvalue weighted by Crippen LogP contribution is -2.39. The van der Waals surface area contributed by atoms with Crippen LogP contribution in [0.25, 0.3) is 0 Å². The fourth-order valence-corrected chi connectivity index (χ4v) is 2.87. The fraction of sp³-hybridized carbons (Fsp3) is 0.923. The van der Waals surface area contributed by atoms with Crippen LogP contribution in [0.3, 0.4) is 0 Å².